The number of aromatic carboxylic acids is 2. The molecule has 0 heterocycles. The molecule has 0 fully saturated rings. The molecule has 0 atom stereocenters. The Bertz CT molecular complexity index is 1170. The number of benzene rings is 3. The summed E-state index contributed by atoms with van der Waals surface area (Å²) in [5, 5.41) is 25.7. The molecular weight excluding hydrogens is 412 g/mol. The molecular formula is C23H18N4O5. The molecule has 160 valence electrons. The summed E-state index contributed by atoms with van der Waals surface area (Å²) in [7, 11) is 0. The number of nitrogens with one attached hydrogen (secondary N) is 2. The molecule has 0 spiro atoms. The van der Waals surface area contributed by atoms with Gasteiger partial charge in [-0.2, -0.15) is 10.2 Å². The summed E-state index contributed by atoms with van der Waals surface area (Å²) < 4.78 is 0. The van der Waals surface area contributed by atoms with Crippen LogP contribution in [0, 0.1) is 0 Å². The van der Waals surface area contributed by atoms with Crippen LogP contribution in [0.5, 0.6) is 0 Å². The zero-order valence-corrected chi connectivity index (χ0v) is 16.6. The Kier molecular flexibility index (Phi) is 7.05. The van der Waals surface area contributed by atoms with Crippen LogP contribution >= 0.6 is 0 Å². The first-order valence-corrected chi connectivity index (χ1v) is 9.31. The minimum atomic E-state index is -1.01. The Balaban J connectivity index is 1.51. The van der Waals surface area contributed by atoms with Crippen LogP contribution < -0.4 is 10.9 Å². The van der Waals surface area contributed by atoms with Crippen LogP contribution in [0.25, 0.3) is 0 Å². The number of amides is 1. The molecule has 3 aromatic rings. The van der Waals surface area contributed by atoms with Gasteiger partial charge in [-0.25, -0.2) is 15.0 Å². The molecule has 3 aromatic carbocycles. The van der Waals surface area contributed by atoms with Crippen molar-refractivity contribution in [3.63, 3.8) is 0 Å². The van der Waals surface area contributed by atoms with Gasteiger partial charge in [0.2, 0.25) is 0 Å². The van der Waals surface area contributed by atoms with Crippen molar-refractivity contribution in [1.82, 2.24) is 5.43 Å². The maximum atomic E-state index is 12.2. The van der Waals surface area contributed by atoms with E-state index in [9.17, 15) is 14.4 Å². The normalized spacial score (nSPS) is 10.9. The standard InChI is InChI=1S/C23H18N4O5/c28-21(27-25-14-16-3-7-19(8-4-16)23(31)32)17-9-11-20(12-10-17)26-24-13-15-1-5-18(6-2-15)22(29)30/h1-14,26H,(H,27,28)(H,29,30)(H,31,32)/b24-13+,25-14+. The second-order valence-corrected chi connectivity index (χ2v) is 6.50. The number of anilines is 1. The first-order valence-electron chi connectivity index (χ1n) is 9.31. The molecule has 0 aliphatic carbocycles. The molecule has 0 unspecified atom stereocenters. The van der Waals surface area contributed by atoms with Crippen LogP contribution in [0.15, 0.2) is 83.0 Å². The zero-order valence-electron chi connectivity index (χ0n) is 16.6. The fraction of sp³-hybridized carbons (Fsp3) is 0. The summed E-state index contributed by atoms with van der Waals surface area (Å²) in [6.45, 7) is 0. The SMILES string of the molecule is O=C(O)c1ccc(/C=N/NC(=O)c2ccc(N/N=C/c3ccc(C(=O)O)cc3)cc2)cc1. The molecule has 0 aromatic heterocycles. The summed E-state index contributed by atoms with van der Waals surface area (Å²) in [6.07, 6.45) is 2.96. The lowest BCUT2D eigenvalue weighted by atomic mass is 10.1. The number of hydrogen-bond acceptors (Lipinski definition) is 6. The van der Waals surface area contributed by atoms with E-state index in [0.717, 1.165) is 5.56 Å². The largest absolute Gasteiger partial charge is 0.478 e. The van der Waals surface area contributed by atoms with Gasteiger partial charge in [-0.15, -0.1) is 0 Å². The minimum Gasteiger partial charge on any atom is -0.478 e. The number of carboxylic acids is 2. The number of carboxylic acid groups (broad SMARTS) is 2. The summed E-state index contributed by atoms with van der Waals surface area (Å²) in [6, 6.07) is 18.9. The predicted octanol–water partition coefficient (Wildman–Crippen LogP) is 3.29. The lowest BCUT2D eigenvalue weighted by molar-refractivity contribution is 0.0686. The number of carbonyl (C=O) groups is 3. The van der Waals surface area contributed by atoms with Gasteiger partial charge in [0.1, 0.15) is 0 Å². The van der Waals surface area contributed by atoms with Gasteiger partial charge in [-0.1, -0.05) is 24.3 Å². The van der Waals surface area contributed by atoms with Crippen molar-refractivity contribution in [2.75, 3.05) is 5.43 Å². The van der Waals surface area contributed by atoms with Crippen LogP contribution in [-0.4, -0.2) is 40.5 Å². The molecule has 1 amide bonds. The third kappa shape index (κ3) is 6.10. The fourth-order valence-electron chi connectivity index (χ4n) is 2.53. The zero-order chi connectivity index (χ0) is 22.9. The van der Waals surface area contributed by atoms with E-state index in [1.54, 1.807) is 54.7 Å². The highest BCUT2D eigenvalue weighted by Crippen LogP contribution is 2.10. The molecule has 0 saturated carbocycles. The summed E-state index contributed by atoms with van der Waals surface area (Å²) in [4.78, 5) is 33.8. The van der Waals surface area contributed by atoms with Crippen molar-refractivity contribution in [2.24, 2.45) is 10.2 Å². The van der Waals surface area contributed by atoms with E-state index in [-0.39, 0.29) is 11.1 Å². The van der Waals surface area contributed by atoms with Crippen LogP contribution in [0.3, 0.4) is 0 Å². The topological polar surface area (TPSA) is 140 Å². The minimum absolute atomic E-state index is 0.167. The molecule has 4 N–H and O–H groups in total. The average Bonchev–Trinajstić information content (AvgIpc) is 2.80. The van der Waals surface area contributed by atoms with Crippen molar-refractivity contribution < 1.29 is 24.6 Å². The lowest BCUT2D eigenvalue weighted by Crippen LogP contribution is -2.17. The highest BCUT2D eigenvalue weighted by molar-refractivity contribution is 5.95. The first-order chi connectivity index (χ1) is 15.4. The van der Waals surface area contributed by atoms with Crippen molar-refractivity contribution in [1.29, 1.82) is 0 Å². The maximum absolute atomic E-state index is 12.2. The lowest BCUT2D eigenvalue weighted by Gasteiger charge is -2.03. The molecule has 0 radical (unpaired) electrons. The molecule has 9 heteroatoms. The number of nitrogens with zero attached hydrogens (tertiary/aromatic N) is 2. The van der Waals surface area contributed by atoms with Crippen molar-refractivity contribution in [3.8, 4) is 0 Å². The number of rotatable bonds is 8. The summed E-state index contributed by atoms with van der Waals surface area (Å²) in [5.74, 6) is -2.41. The highest BCUT2D eigenvalue weighted by Gasteiger charge is 2.04. The first kappa shape index (κ1) is 21.9. The second kappa shape index (κ2) is 10.3. The quantitative estimate of drug-likeness (QED) is 0.319. The van der Waals surface area contributed by atoms with Crippen molar-refractivity contribution in [2.45, 2.75) is 0 Å². The third-order valence-corrected chi connectivity index (χ3v) is 4.25. The van der Waals surface area contributed by atoms with Crippen molar-refractivity contribution >= 4 is 36.0 Å². The van der Waals surface area contributed by atoms with E-state index in [2.05, 4.69) is 21.1 Å². The molecule has 0 aliphatic heterocycles. The van der Waals surface area contributed by atoms with Gasteiger partial charge in [0.05, 0.1) is 29.2 Å². The Morgan fingerprint density at radius 3 is 1.53 bits per heavy atom. The van der Waals surface area contributed by atoms with Crippen LogP contribution in [0.4, 0.5) is 5.69 Å². The summed E-state index contributed by atoms with van der Waals surface area (Å²) >= 11 is 0. The van der Waals surface area contributed by atoms with E-state index in [1.807, 2.05) is 0 Å². The van der Waals surface area contributed by atoms with Gasteiger partial charge in [0, 0.05) is 5.56 Å². The fourth-order valence-corrected chi connectivity index (χ4v) is 2.53. The van der Waals surface area contributed by atoms with Gasteiger partial charge >= 0.3 is 11.9 Å². The Morgan fingerprint density at radius 1 is 0.625 bits per heavy atom. The maximum Gasteiger partial charge on any atom is 0.335 e. The van der Waals surface area contributed by atoms with E-state index in [4.69, 9.17) is 10.2 Å². The Morgan fingerprint density at radius 2 is 1.06 bits per heavy atom. The monoisotopic (exact) mass is 430 g/mol. The number of hydrazone groups is 2. The predicted molar refractivity (Wildman–Crippen MR) is 120 cm³/mol. The molecule has 0 saturated heterocycles. The Labute approximate surface area is 182 Å². The van der Waals surface area contributed by atoms with Gasteiger partial charge in [-0.05, 0) is 59.7 Å². The van der Waals surface area contributed by atoms with Crippen molar-refractivity contribution in [3.05, 3.63) is 101 Å². The summed E-state index contributed by atoms with van der Waals surface area (Å²) in [5.41, 5.74) is 8.01. The molecule has 32 heavy (non-hydrogen) atoms. The highest BCUT2D eigenvalue weighted by atomic mass is 16.4. The molecule has 0 bridgehead atoms. The third-order valence-electron chi connectivity index (χ3n) is 4.25. The van der Waals surface area contributed by atoms with E-state index >= 15 is 0 Å². The van der Waals surface area contributed by atoms with Gasteiger partial charge in [0.25, 0.3) is 5.91 Å². The molecule has 3 rings (SSSR count). The van der Waals surface area contributed by atoms with Gasteiger partial charge in [-0.3, -0.25) is 10.2 Å². The van der Waals surface area contributed by atoms with Crippen LogP contribution in [0.2, 0.25) is 0 Å². The molecule has 9 nitrogen and oxygen atoms in total. The van der Waals surface area contributed by atoms with Gasteiger partial charge in [0.15, 0.2) is 0 Å². The smallest absolute Gasteiger partial charge is 0.335 e. The molecule has 0 aliphatic rings. The number of hydrogen-bond donors (Lipinski definition) is 4. The Hall–Kier alpha value is -4.79. The van der Waals surface area contributed by atoms with E-state index < -0.39 is 17.8 Å². The van der Waals surface area contributed by atoms with E-state index in [1.165, 1.54) is 30.5 Å². The van der Waals surface area contributed by atoms with Crippen LogP contribution in [-0.2, 0) is 0 Å². The second-order valence-electron chi connectivity index (χ2n) is 6.50. The average molecular weight is 430 g/mol. The van der Waals surface area contributed by atoms with Crippen LogP contribution in [0.1, 0.15) is 42.2 Å². The van der Waals surface area contributed by atoms with Gasteiger partial charge < -0.3 is 10.2 Å². The number of carbonyl (C=O) groups excluding carboxylic acids is 1. The van der Waals surface area contributed by atoms with E-state index in [0.29, 0.717) is 16.8 Å².